The average molecular weight is 296 g/mol. The van der Waals surface area contributed by atoms with E-state index in [0.29, 0.717) is 24.3 Å². The molecule has 0 aliphatic rings. The number of hydrogen-bond acceptors (Lipinski definition) is 3. The largest absolute Gasteiger partial charge is 0.493 e. The molecule has 3 heteroatoms. The average Bonchev–Trinajstić information content (AvgIpc) is 2.91. The van der Waals surface area contributed by atoms with Gasteiger partial charge in [0.1, 0.15) is 5.75 Å². The molecule has 1 aromatic heterocycles. The van der Waals surface area contributed by atoms with E-state index in [1.807, 2.05) is 43.3 Å². The second-order valence-corrected chi connectivity index (χ2v) is 5.70. The fraction of sp³-hybridized carbons (Fsp3) is 0.167. The third-order valence-electron chi connectivity index (χ3n) is 3.40. The SMILES string of the molecule is CCOc1ccccc1C(=O)Cc1csc2ccccc12. The van der Waals surface area contributed by atoms with Crippen LogP contribution in [0.25, 0.3) is 10.1 Å². The Balaban J connectivity index is 1.90. The van der Waals surface area contributed by atoms with Crippen LogP contribution in [0.3, 0.4) is 0 Å². The topological polar surface area (TPSA) is 26.3 Å². The second kappa shape index (κ2) is 6.10. The molecule has 3 rings (SSSR count). The van der Waals surface area contributed by atoms with E-state index in [1.165, 1.54) is 10.1 Å². The Hall–Kier alpha value is -2.13. The summed E-state index contributed by atoms with van der Waals surface area (Å²) in [6, 6.07) is 15.6. The van der Waals surface area contributed by atoms with Crippen molar-refractivity contribution < 1.29 is 9.53 Å². The maximum Gasteiger partial charge on any atom is 0.171 e. The van der Waals surface area contributed by atoms with Crippen molar-refractivity contribution in [3.05, 3.63) is 65.0 Å². The van der Waals surface area contributed by atoms with Crippen LogP contribution in [-0.2, 0) is 6.42 Å². The fourth-order valence-corrected chi connectivity index (χ4v) is 3.38. The molecular formula is C18H16O2S. The van der Waals surface area contributed by atoms with Gasteiger partial charge < -0.3 is 4.74 Å². The van der Waals surface area contributed by atoms with Gasteiger partial charge in [0.15, 0.2) is 5.78 Å². The molecule has 2 nitrogen and oxygen atoms in total. The quantitative estimate of drug-likeness (QED) is 0.636. The third-order valence-corrected chi connectivity index (χ3v) is 4.41. The molecule has 1 heterocycles. The second-order valence-electron chi connectivity index (χ2n) is 4.79. The van der Waals surface area contributed by atoms with Gasteiger partial charge in [-0.3, -0.25) is 4.79 Å². The van der Waals surface area contributed by atoms with Gasteiger partial charge in [-0.1, -0.05) is 30.3 Å². The third kappa shape index (κ3) is 2.83. The van der Waals surface area contributed by atoms with Crippen molar-refractivity contribution >= 4 is 27.2 Å². The van der Waals surface area contributed by atoms with Gasteiger partial charge in [-0.05, 0) is 41.5 Å². The van der Waals surface area contributed by atoms with Crippen LogP contribution in [0, 0.1) is 0 Å². The van der Waals surface area contributed by atoms with Gasteiger partial charge in [0.25, 0.3) is 0 Å². The highest BCUT2D eigenvalue weighted by atomic mass is 32.1. The molecule has 2 aromatic carbocycles. The van der Waals surface area contributed by atoms with E-state index >= 15 is 0 Å². The lowest BCUT2D eigenvalue weighted by molar-refractivity contribution is 0.0989. The minimum Gasteiger partial charge on any atom is -0.493 e. The molecule has 0 unspecified atom stereocenters. The van der Waals surface area contributed by atoms with Crippen molar-refractivity contribution in [1.82, 2.24) is 0 Å². The standard InChI is InChI=1S/C18H16O2S/c1-2-20-17-9-5-3-8-15(17)16(19)11-13-12-21-18-10-6-4-7-14(13)18/h3-10,12H,2,11H2,1H3. The molecule has 0 aliphatic carbocycles. The molecule has 0 spiro atoms. The Morgan fingerprint density at radius 1 is 1.10 bits per heavy atom. The summed E-state index contributed by atoms with van der Waals surface area (Å²) in [7, 11) is 0. The number of fused-ring (bicyclic) bond motifs is 1. The van der Waals surface area contributed by atoms with Gasteiger partial charge in [0.2, 0.25) is 0 Å². The van der Waals surface area contributed by atoms with E-state index in [0.717, 1.165) is 5.56 Å². The Labute approximate surface area is 128 Å². The van der Waals surface area contributed by atoms with Crippen LogP contribution < -0.4 is 4.74 Å². The van der Waals surface area contributed by atoms with Crippen molar-refractivity contribution in [3.8, 4) is 5.75 Å². The molecule has 0 aliphatic heterocycles. The summed E-state index contributed by atoms with van der Waals surface area (Å²) in [6.07, 6.45) is 0.411. The van der Waals surface area contributed by atoms with Gasteiger partial charge in [-0.25, -0.2) is 0 Å². The summed E-state index contributed by atoms with van der Waals surface area (Å²) in [5.41, 5.74) is 1.75. The van der Waals surface area contributed by atoms with E-state index in [1.54, 1.807) is 11.3 Å². The zero-order valence-corrected chi connectivity index (χ0v) is 12.7. The number of carbonyl (C=O) groups excluding carboxylic acids is 1. The molecular weight excluding hydrogens is 280 g/mol. The summed E-state index contributed by atoms with van der Waals surface area (Å²) in [5.74, 6) is 0.770. The van der Waals surface area contributed by atoms with Crippen molar-refractivity contribution in [2.24, 2.45) is 0 Å². The monoisotopic (exact) mass is 296 g/mol. The first-order chi connectivity index (χ1) is 10.3. The molecule has 0 amide bonds. The van der Waals surface area contributed by atoms with Gasteiger partial charge in [-0.2, -0.15) is 0 Å². The molecule has 21 heavy (non-hydrogen) atoms. The molecule has 106 valence electrons. The predicted molar refractivity (Wildman–Crippen MR) is 87.5 cm³/mol. The fourth-order valence-electron chi connectivity index (χ4n) is 2.42. The lowest BCUT2D eigenvalue weighted by atomic mass is 10.0. The zero-order chi connectivity index (χ0) is 14.7. The maximum atomic E-state index is 12.6. The highest BCUT2D eigenvalue weighted by molar-refractivity contribution is 7.17. The van der Waals surface area contributed by atoms with Crippen LogP contribution in [0.4, 0.5) is 0 Å². The lowest BCUT2D eigenvalue weighted by Crippen LogP contribution is -2.06. The first kappa shape index (κ1) is 13.8. The van der Waals surface area contributed by atoms with Crippen LogP contribution in [-0.4, -0.2) is 12.4 Å². The molecule has 0 fully saturated rings. The molecule has 0 saturated carbocycles. The van der Waals surface area contributed by atoms with Gasteiger partial charge in [-0.15, -0.1) is 11.3 Å². The van der Waals surface area contributed by atoms with Crippen molar-refractivity contribution in [2.75, 3.05) is 6.61 Å². The van der Waals surface area contributed by atoms with Gasteiger partial charge in [0.05, 0.1) is 12.2 Å². The van der Waals surface area contributed by atoms with Crippen LogP contribution >= 0.6 is 11.3 Å². The van der Waals surface area contributed by atoms with E-state index in [4.69, 9.17) is 4.74 Å². The Kier molecular flexibility index (Phi) is 4.02. The minimum atomic E-state index is 0.0996. The smallest absolute Gasteiger partial charge is 0.171 e. The van der Waals surface area contributed by atoms with Crippen LogP contribution in [0.1, 0.15) is 22.8 Å². The number of para-hydroxylation sites is 1. The van der Waals surface area contributed by atoms with E-state index < -0.39 is 0 Å². The van der Waals surface area contributed by atoms with Gasteiger partial charge in [0, 0.05) is 11.1 Å². The lowest BCUT2D eigenvalue weighted by Gasteiger charge is -2.08. The summed E-state index contributed by atoms with van der Waals surface area (Å²) < 4.78 is 6.77. The summed E-state index contributed by atoms with van der Waals surface area (Å²) in [4.78, 5) is 12.6. The molecule has 0 bridgehead atoms. The number of carbonyl (C=O) groups is 1. The summed E-state index contributed by atoms with van der Waals surface area (Å²) in [5, 5.41) is 3.25. The number of thiophene rings is 1. The number of Topliss-reactive ketones (excluding diaryl/α,β-unsaturated/α-hetero) is 1. The highest BCUT2D eigenvalue weighted by Crippen LogP contribution is 2.28. The van der Waals surface area contributed by atoms with Crippen molar-refractivity contribution in [1.29, 1.82) is 0 Å². The van der Waals surface area contributed by atoms with Crippen LogP contribution in [0.5, 0.6) is 5.75 Å². The van der Waals surface area contributed by atoms with Crippen LogP contribution in [0.2, 0.25) is 0 Å². The number of ether oxygens (including phenoxy) is 1. The molecule has 3 aromatic rings. The molecule has 0 atom stereocenters. The highest BCUT2D eigenvalue weighted by Gasteiger charge is 2.14. The summed E-state index contributed by atoms with van der Waals surface area (Å²) >= 11 is 1.68. The van der Waals surface area contributed by atoms with E-state index in [2.05, 4.69) is 17.5 Å². The molecule has 0 saturated heterocycles. The van der Waals surface area contributed by atoms with Crippen LogP contribution in [0.15, 0.2) is 53.9 Å². The van der Waals surface area contributed by atoms with E-state index in [-0.39, 0.29) is 5.78 Å². The Bertz CT molecular complexity index is 773. The Morgan fingerprint density at radius 3 is 2.71 bits per heavy atom. The van der Waals surface area contributed by atoms with Crippen molar-refractivity contribution in [3.63, 3.8) is 0 Å². The number of hydrogen-bond donors (Lipinski definition) is 0. The number of ketones is 1. The van der Waals surface area contributed by atoms with Gasteiger partial charge >= 0.3 is 0 Å². The number of benzene rings is 2. The summed E-state index contributed by atoms with van der Waals surface area (Å²) in [6.45, 7) is 2.49. The first-order valence-electron chi connectivity index (χ1n) is 6.99. The maximum absolute atomic E-state index is 12.6. The van der Waals surface area contributed by atoms with Crippen molar-refractivity contribution in [2.45, 2.75) is 13.3 Å². The normalized spacial score (nSPS) is 10.7. The zero-order valence-electron chi connectivity index (χ0n) is 11.8. The number of rotatable bonds is 5. The van der Waals surface area contributed by atoms with E-state index in [9.17, 15) is 4.79 Å². The molecule has 0 N–H and O–H groups in total. The minimum absolute atomic E-state index is 0.0996. The predicted octanol–water partition coefficient (Wildman–Crippen LogP) is 4.73. The Morgan fingerprint density at radius 2 is 1.86 bits per heavy atom. The molecule has 0 radical (unpaired) electrons. The first-order valence-corrected chi connectivity index (χ1v) is 7.87.